The number of methoxy groups -OCH3 is 2. The van der Waals surface area contributed by atoms with Crippen LogP contribution in [0.2, 0.25) is 0 Å². The van der Waals surface area contributed by atoms with Gasteiger partial charge >= 0.3 is 0 Å². The Balaban J connectivity index is 1.81. The lowest BCUT2D eigenvalue weighted by molar-refractivity contribution is -0.132. The van der Waals surface area contributed by atoms with Crippen molar-refractivity contribution in [1.82, 2.24) is 10.2 Å². The number of rotatable bonds is 7. The Morgan fingerprint density at radius 1 is 1.00 bits per heavy atom. The van der Waals surface area contributed by atoms with E-state index in [2.05, 4.69) is 5.32 Å². The van der Waals surface area contributed by atoms with Crippen LogP contribution in [0.25, 0.3) is 0 Å². The van der Waals surface area contributed by atoms with Crippen LogP contribution in [0.1, 0.15) is 28.8 Å². The zero-order valence-corrected chi connectivity index (χ0v) is 16.3. The number of carbonyl (C=O) groups is 2. The lowest BCUT2D eigenvalue weighted by atomic mass is 10.0. The molecule has 2 aromatic rings. The normalized spacial score (nSPS) is 14.4. The van der Waals surface area contributed by atoms with Gasteiger partial charge in [0.2, 0.25) is 5.91 Å². The molecule has 1 aliphatic rings. The second-order valence-corrected chi connectivity index (χ2v) is 6.85. The Bertz CT molecular complexity index is 794. The smallest absolute Gasteiger partial charge is 0.252 e. The molecule has 0 radical (unpaired) electrons. The average molecular weight is 382 g/mol. The van der Waals surface area contributed by atoms with E-state index >= 15 is 0 Å². The van der Waals surface area contributed by atoms with Crippen molar-refractivity contribution in [1.29, 1.82) is 0 Å². The highest BCUT2D eigenvalue weighted by molar-refractivity contribution is 5.98. The summed E-state index contributed by atoms with van der Waals surface area (Å²) in [6.07, 6.45) is 2.46. The Kier molecular flexibility index (Phi) is 6.53. The highest BCUT2D eigenvalue weighted by Gasteiger charge is 2.28. The van der Waals surface area contributed by atoms with Gasteiger partial charge in [0.25, 0.3) is 5.91 Å². The molecule has 0 unspecified atom stereocenters. The Hall–Kier alpha value is -3.02. The van der Waals surface area contributed by atoms with Gasteiger partial charge in [0.1, 0.15) is 17.5 Å². The fourth-order valence-corrected chi connectivity index (χ4v) is 3.39. The maximum absolute atomic E-state index is 13.0. The van der Waals surface area contributed by atoms with Crippen LogP contribution >= 0.6 is 0 Å². The molecule has 0 bridgehead atoms. The molecular weight excluding hydrogens is 356 g/mol. The summed E-state index contributed by atoms with van der Waals surface area (Å²) < 4.78 is 10.5. The minimum Gasteiger partial charge on any atom is -0.497 e. The summed E-state index contributed by atoms with van der Waals surface area (Å²) in [5.74, 6) is 0.681. The van der Waals surface area contributed by atoms with Crippen LogP contribution in [0.5, 0.6) is 11.5 Å². The SMILES string of the molecule is COc1cc(OC)cc(C(=O)N[C@@H](Cc2ccccc2)C(=O)N2CCCC2)c1. The maximum atomic E-state index is 13.0. The summed E-state index contributed by atoms with van der Waals surface area (Å²) in [7, 11) is 3.07. The fraction of sp³-hybridized carbons (Fsp3) is 0.364. The molecule has 6 nitrogen and oxygen atoms in total. The van der Waals surface area contributed by atoms with E-state index in [1.165, 1.54) is 14.2 Å². The van der Waals surface area contributed by atoms with Crippen molar-refractivity contribution in [2.24, 2.45) is 0 Å². The first kappa shape index (κ1) is 19.7. The molecule has 0 spiro atoms. The van der Waals surface area contributed by atoms with Crippen molar-refractivity contribution in [3.05, 3.63) is 59.7 Å². The quantitative estimate of drug-likeness (QED) is 0.799. The molecule has 0 aliphatic carbocycles. The lowest BCUT2D eigenvalue weighted by Gasteiger charge is -2.24. The van der Waals surface area contributed by atoms with Crippen molar-refractivity contribution in [2.45, 2.75) is 25.3 Å². The predicted molar refractivity (Wildman–Crippen MR) is 107 cm³/mol. The summed E-state index contributed by atoms with van der Waals surface area (Å²) in [6.45, 7) is 1.49. The van der Waals surface area contributed by atoms with Crippen LogP contribution in [0.4, 0.5) is 0 Å². The molecule has 1 aliphatic heterocycles. The second-order valence-electron chi connectivity index (χ2n) is 6.85. The third-order valence-corrected chi connectivity index (χ3v) is 4.92. The van der Waals surface area contributed by atoms with Crippen LogP contribution in [0.3, 0.4) is 0 Å². The summed E-state index contributed by atoms with van der Waals surface area (Å²) in [5.41, 5.74) is 1.40. The minimum absolute atomic E-state index is 0.0374. The van der Waals surface area contributed by atoms with E-state index in [4.69, 9.17) is 9.47 Å². The number of hydrogen-bond donors (Lipinski definition) is 1. The highest BCUT2D eigenvalue weighted by atomic mass is 16.5. The van der Waals surface area contributed by atoms with Crippen molar-refractivity contribution in [3.8, 4) is 11.5 Å². The number of hydrogen-bond acceptors (Lipinski definition) is 4. The number of likely N-dealkylation sites (tertiary alicyclic amines) is 1. The molecule has 1 atom stereocenters. The Labute approximate surface area is 165 Å². The van der Waals surface area contributed by atoms with Gasteiger partial charge < -0.3 is 19.7 Å². The Morgan fingerprint density at radius 3 is 2.18 bits per heavy atom. The van der Waals surface area contributed by atoms with Gasteiger partial charge in [0.15, 0.2) is 0 Å². The van der Waals surface area contributed by atoms with Crippen molar-refractivity contribution >= 4 is 11.8 Å². The van der Waals surface area contributed by atoms with Crippen LogP contribution in [0.15, 0.2) is 48.5 Å². The van der Waals surface area contributed by atoms with Gasteiger partial charge in [-0.1, -0.05) is 30.3 Å². The number of nitrogens with zero attached hydrogens (tertiary/aromatic N) is 1. The van der Waals surface area contributed by atoms with Gasteiger partial charge in [-0.25, -0.2) is 0 Å². The molecule has 1 N–H and O–H groups in total. The first-order valence-electron chi connectivity index (χ1n) is 9.47. The van der Waals surface area contributed by atoms with Gasteiger partial charge in [-0.15, -0.1) is 0 Å². The molecule has 2 aromatic carbocycles. The summed E-state index contributed by atoms with van der Waals surface area (Å²) >= 11 is 0. The molecule has 3 rings (SSSR count). The molecule has 0 saturated carbocycles. The van der Waals surface area contributed by atoms with Gasteiger partial charge in [0, 0.05) is 31.1 Å². The molecule has 28 heavy (non-hydrogen) atoms. The molecular formula is C22H26N2O4. The van der Waals surface area contributed by atoms with Gasteiger partial charge in [0.05, 0.1) is 14.2 Å². The van der Waals surface area contributed by atoms with Gasteiger partial charge in [-0.3, -0.25) is 9.59 Å². The summed E-state index contributed by atoms with van der Waals surface area (Å²) in [4.78, 5) is 27.8. The van der Waals surface area contributed by atoms with Gasteiger partial charge in [-0.2, -0.15) is 0 Å². The first-order chi connectivity index (χ1) is 13.6. The van der Waals surface area contributed by atoms with Crippen molar-refractivity contribution in [3.63, 3.8) is 0 Å². The molecule has 6 heteroatoms. The predicted octanol–water partition coefficient (Wildman–Crippen LogP) is 2.67. The van der Waals surface area contributed by atoms with Crippen LogP contribution in [0, 0.1) is 0 Å². The van der Waals surface area contributed by atoms with Crippen LogP contribution in [-0.2, 0) is 11.2 Å². The monoisotopic (exact) mass is 382 g/mol. The zero-order chi connectivity index (χ0) is 19.9. The molecule has 2 amide bonds. The number of benzene rings is 2. The van der Waals surface area contributed by atoms with Crippen molar-refractivity contribution < 1.29 is 19.1 Å². The second kappa shape index (κ2) is 9.26. The van der Waals surface area contributed by atoms with Crippen molar-refractivity contribution in [2.75, 3.05) is 27.3 Å². The fourth-order valence-electron chi connectivity index (χ4n) is 3.39. The van der Waals surface area contributed by atoms with Gasteiger partial charge in [-0.05, 0) is 30.5 Å². The first-order valence-corrected chi connectivity index (χ1v) is 9.47. The molecule has 1 saturated heterocycles. The topological polar surface area (TPSA) is 67.9 Å². The standard InChI is InChI=1S/C22H26N2O4/c1-27-18-13-17(14-19(15-18)28-2)21(25)23-20(12-16-8-4-3-5-9-16)22(26)24-10-6-7-11-24/h3-5,8-9,13-15,20H,6-7,10-12H2,1-2H3,(H,23,25)/t20-/m0/s1. The largest absolute Gasteiger partial charge is 0.497 e. The maximum Gasteiger partial charge on any atom is 0.252 e. The van der Waals surface area contributed by atoms with E-state index < -0.39 is 6.04 Å². The summed E-state index contributed by atoms with van der Waals surface area (Å²) in [5, 5.41) is 2.92. The molecule has 0 aromatic heterocycles. The third kappa shape index (κ3) is 4.82. The minimum atomic E-state index is -0.620. The summed E-state index contributed by atoms with van der Waals surface area (Å²) in [6, 6.07) is 14.1. The number of carbonyl (C=O) groups excluding carboxylic acids is 2. The molecule has 1 fully saturated rings. The number of nitrogens with one attached hydrogen (secondary N) is 1. The lowest BCUT2D eigenvalue weighted by Crippen LogP contribution is -2.49. The number of ether oxygens (including phenoxy) is 2. The van der Waals surface area contributed by atoms with E-state index in [-0.39, 0.29) is 11.8 Å². The van der Waals surface area contributed by atoms with E-state index in [1.54, 1.807) is 18.2 Å². The van der Waals surface area contributed by atoms with E-state index in [0.717, 1.165) is 31.5 Å². The third-order valence-electron chi connectivity index (χ3n) is 4.92. The highest BCUT2D eigenvalue weighted by Crippen LogP contribution is 2.23. The average Bonchev–Trinajstić information content (AvgIpc) is 3.27. The molecule has 148 valence electrons. The van der Waals surface area contributed by atoms with Crippen LogP contribution < -0.4 is 14.8 Å². The van der Waals surface area contributed by atoms with Crippen LogP contribution in [-0.4, -0.2) is 50.1 Å². The zero-order valence-electron chi connectivity index (χ0n) is 16.3. The Morgan fingerprint density at radius 2 is 1.61 bits per heavy atom. The van der Waals surface area contributed by atoms with E-state index in [0.29, 0.717) is 23.5 Å². The number of amides is 2. The molecule has 1 heterocycles. The van der Waals surface area contributed by atoms with E-state index in [9.17, 15) is 9.59 Å². The van der Waals surface area contributed by atoms with E-state index in [1.807, 2.05) is 35.2 Å².